The zero-order chi connectivity index (χ0) is 15.4. The van der Waals surface area contributed by atoms with E-state index in [-0.39, 0.29) is 10.8 Å². The summed E-state index contributed by atoms with van der Waals surface area (Å²) in [6.45, 7) is 16.1. The van der Waals surface area contributed by atoms with E-state index >= 15 is 0 Å². The molecule has 0 saturated carbocycles. The van der Waals surface area contributed by atoms with Crippen LogP contribution in [0.2, 0.25) is 18.1 Å². The van der Waals surface area contributed by atoms with Gasteiger partial charge in [0.2, 0.25) is 0 Å². The van der Waals surface area contributed by atoms with E-state index in [9.17, 15) is 9.90 Å². The average molecular weight is 286 g/mol. The second kappa shape index (κ2) is 6.82. The number of aliphatic hydroxyl groups is 1. The van der Waals surface area contributed by atoms with Crippen LogP contribution in [0.3, 0.4) is 0 Å². The molecule has 112 valence electrons. The van der Waals surface area contributed by atoms with Crippen LogP contribution in [0.4, 0.5) is 0 Å². The van der Waals surface area contributed by atoms with Crippen LogP contribution in [0.25, 0.3) is 0 Å². The van der Waals surface area contributed by atoms with Crippen molar-refractivity contribution < 1.29 is 14.3 Å². The largest absolute Gasteiger partial charge is 0.407 e. The fourth-order valence-corrected chi connectivity index (χ4v) is 2.93. The van der Waals surface area contributed by atoms with Gasteiger partial charge >= 0.3 is 0 Å². The summed E-state index contributed by atoms with van der Waals surface area (Å²) in [6.07, 6.45) is 2.20. The van der Waals surface area contributed by atoms with Crippen LogP contribution < -0.4 is 0 Å². The van der Waals surface area contributed by atoms with Gasteiger partial charge < -0.3 is 9.53 Å². The predicted octanol–water partition coefficient (Wildman–Crippen LogP) is 3.54. The number of ketones is 1. The van der Waals surface area contributed by atoms with Gasteiger partial charge in [-0.15, -0.1) is 0 Å². The van der Waals surface area contributed by atoms with E-state index in [0.29, 0.717) is 0 Å². The molecule has 3 atom stereocenters. The number of allylic oxidation sites excluding steroid dienone is 1. The summed E-state index contributed by atoms with van der Waals surface area (Å²) in [5.41, 5.74) is 0. The van der Waals surface area contributed by atoms with Crippen molar-refractivity contribution in [2.24, 2.45) is 5.92 Å². The first-order valence-electron chi connectivity index (χ1n) is 6.96. The molecule has 0 aliphatic heterocycles. The van der Waals surface area contributed by atoms with E-state index < -0.39 is 26.4 Å². The predicted molar refractivity (Wildman–Crippen MR) is 82.7 cm³/mol. The van der Waals surface area contributed by atoms with E-state index in [4.69, 9.17) is 4.43 Å². The first kappa shape index (κ1) is 18.5. The summed E-state index contributed by atoms with van der Waals surface area (Å²) >= 11 is 0. The third-order valence-electron chi connectivity index (χ3n) is 4.03. The number of Topliss-reactive ketones (excluding diaryl/α,β-unsaturated/α-hetero) is 1. The van der Waals surface area contributed by atoms with Crippen LogP contribution >= 0.6 is 0 Å². The molecule has 0 aromatic carbocycles. The molecule has 0 bridgehead atoms. The minimum atomic E-state index is -1.95. The second-order valence-electron chi connectivity index (χ2n) is 6.73. The Morgan fingerprint density at radius 3 is 2.11 bits per heavy atom. The summed E-state index contributed by atoms with van der Waals surface area (Å²) in [5, 5.41) is 9.92. The van der Waals surface area contributed by atoms with Crippen molar-refractivity contribution in [2.75, 3.05) is 0 Å². The maximum absolute atomic E-state index is 12.3. The highest BCUT2D eigenvalue weighted by molar-refractivity contribution is 6.74. The molecular formula is C15H30O3Si. The van der Waals surface area contributed by atoms with Crippen LogP contribution in [-0.2, 0) is 9.22 Å². The van der Waals surface area contributed by atoms with Crippen molar-refractivity contribution in [1.82, 2.24) is 0 Å². The van der Waals surface area contributed by atoms with E-state index in [1.807, 2.05) is 6.92 Å². The first-order valence-corrected chi connectivity index (χ1v) is 9.87. The van der Waals surface area contributed by atoms with Crippen LogP contribution in [-0.4, -0.2) is 31.4 Å². The summed E-state index contributed by atoms with van der Waals surface area (Å²) in [4.78, 5) is 12.3. The number of carbonyl (C=O) groups is 1. The molecule has 0 saturated heterocycles. The molecule has 0 fully saturated rings. The zero-order valence-corrected chi connectivity index (χ0v) is 14.7. The molecule has 0 aliphatic carbocycles. The Kier molecular flexibility index (Phi) is 6.65. The van der Waals surface area contributed by atoms with Crippen molar-refractivity contribution in [2.45, 2.75) is 71.9 Å². The average Bonchev–Trinajstić information content (AvgIpc) is 2.25. The van der Waals surface area contributed by atoms with Crippen LogP contribution in [0.1, 0.15) is 41.5 Å². The van der Waals surface area contributed by atoms with E-state index in [1.165, 1.54) is 0 Å². The fourth-order valence-electron chi connectivity index (χ4n) is 1.58. The smallest absolute Gasteiger partial charge is 0.193 e. The molecule has 0 heterocycles. The standard InChI is InChI=1S/C15H30O3Si/c1-9-10-13(16)11(2)14(17)12(3)18-19(7,8)15(4,5)6/h9-13,16H,1-8H3/b10-9+/t11-,12+,13+/m0/s1. The van der Waals surface area contributed by atoms with E-state index in [0.717, 1.165) is 0 Å². The van der Waals surface area contributed by atoms with Gasteiger partial charge in [0.1, 0.15) is 6.10 Å². The normalized spacial score (nSPS) is 18.4. The third kappa shape index (κ3) is 5.20. The fraction of sp³-hybridized carbons (Fsp3) is 0.800. The number of rotatable bonds is 6. The first-order chi connectivity index (χ1) is 8.44. The monoisotopic (exact) mass is 286 g/mol. The quantitative estimate of drug-likeness (QED) is 0.600. The lowest BCUT2D eigenvalue weighted by atomic mass is 9.96. The van der Waals surface area contributed by atoms with Crippen LogP contribution in [0, 0.1) is 5.92 Å². The second-order valence-corrected chi connectivity index (χ2v) is 11.5. The minimum Gasteiger partial charge on any atom is -0.407 e. The Morgan fingerprint density at radius 1 is 1.26 bits per heavy atom. The molecule has 0 radical (unpaired) electrons. The highest BCUT2D eigenvalue weighted by Gasteiger charge is 2.40. The van der Waals surface area contributed by atoms with E-state index in [2.05, 4.69) is 33.9 Å². The molecule has 3 nitrogen and oxygen atoms in total. The number of aliphatic hydroxyl groups excluding tert-OH is 1. The lowest BCUT2D eigenvalue weighted by molar-refractivity contribution is -0.131. The van der Waals surface area contributed by atoms with Gasteiger partial charge in [-0.3, -0.25) is 4.79 Å². The Labute approximate surface area is 119 Å². The van der Waals surface area contributed by atoms with Gasteiger partial charge in [-0.2, -0.15) is 0 Å². The Balaban J connectivity index is 4.76. The number of carbonyl (C=O) groups excluding carboxylic acids is 1. The van der Waals surface area contributed by atoms with Gasteiger partial charge in [-0.1, -0.05) is 39.8 Å². The molecule has 0 aromatic heterocycles. The summed E-state index contributed by atoms with van der Waals surface area (Å²) < 4.78 is 6.07. The zero-order valence-electron chi connectivity index (χ0n) is 13.7. The van der Waals surface area contributed by atoms with Gasteiger partial charge in [0.25, 0.3) is 0 Å². The lowest BCUT2D eigenvalue weighted by Gasteiger charge is -2.38. The summed E-state index contributed by atoms with van der Waals surface area (Å²) in [6, 6.07) is 0. The highest BCUT2D eigenvalue weighted by Crippen LogP contribution is 2.37. The molecule has 0 aromatic rings. The topological polar surface area (TPSA) is 46.5 Å². The number of hydrogen-bond donors (Lipinski definition) is 1. The third-order valence-corrected chi connectivity index (χ3v) is 8.58. The molecular weight excluding hydrogens is 256 g/mol. The van der Waals surface area contributed by atoms with Crippen LogP contribution in [0.15, 0.2) is 12.2 Å². The molecule has 0 spiro atoms. The maximum atomic E-state index is 12.3. The van der Waals surface area contributed by atoms with Gasteiger partial charge in [-0.25, -0.2) is 0 Å². The van der Waals surface area contributed by atoms with Crippen molar-refractivity contribution in [3.63, 3.8) is 0 Å². The summed E-state index contributed by atoms with van der Waals surface area (Å²) in [5.74, 6) is -0.466. The van der Waals surface area contributed by atoms with Gasteiger partial charge in [0.05, 0.1) is 6.10 Å². The minimum absolute atomic E-state index is 0.0320. The van der Waals surface area contributed by atoms with Crippen LogP contribution in [0.5, 0.6) is 0 Å². The van der Waals surface area contributed by atoms with Crippen molar-refractivity contribution in [1.29, 1.82) is 0 Å². The molecule has 0 aliphatic rings. The highest BCUT2D eigenvalue weighted by atomic mass is 28.4. The lowest BCUT2D eigenvalue weighted by Crippen LogP contribution is -2.46. The maximum Gasteiger partial charge on any atom is 0.193 e. The van der Waals surface area contributed by atoms with Crippen molar-refractivity contribution >= 4 is 14.1 Å². The van der Waals surface area contributed by atoms with E-state index in [1.54, 1.807) is 26.0 Å². The Hall–Kier alpha value is -0.453. The summed E-state index contributed by atoms with van der Waals surface area (Å²) in [7, 11) is -1.95. The SMILES string of the molecule is C/C=C/[C@@H](O)[C@H](C)C(=O)[C@@H](C)O[Si](C)(C)C(C)(C)C. The molecule has 0 amide bonds. The van der Waals surface area contributed by atoms with Crippen molar-refractivity contribution in [3.8, 4) is 0 Å². The van der Waals surface area contributed by atoms with Gasteiger partial charge in [0, 0.05) is 5.92 Å². The Morgan fingerprint density at radius 2 is 1.74 bits per heavy atom. The molecule has 19 heavy (non-hydrogen) atoms. The molecule has 0 unspecified atom stereocenters. The van der Waals surface area contributed by atoms with Gasteiger partial charge in [0.15, 0.2) is 14.1 Å². The Bertz CT molecular complexity index is 329. The van der Waals surface area contributed by atoms with Gasteiger partial charge in [-0.05, 0) is 32.0 Å². The molecule has 4 heteroatoms. The molecule has 1 N–H and O–H groups in total. The number of hydrogen-bond acceptors (Lipinski definition) is 3. The molecule has 0 rings (SSSR count). The van der Waals surface area contributed by atoms with Crippen molar-refractivity contribution in [3.05, 3.63) is 12.2 Å².